The molecule has 2 aromatic heterocycles. The van der Waals surface area contributed by atoms with E-state index in [1.807, 2.05) is 31.2 Å². The molecule has 0 fully saturated rings. The monoisotopic (exact) mass is 441 g/mol. The molecule has 4 rings (SSSR count). The van der Waals surface area contributed by atoms with Crippen LogP contribution in [-0.2, 0) is 6.42 Å². The third-order valence-corrected chi connectivity index (χ3v) is 5.54. The number of aromatic nitrogens is 2. The van der Waals surface area contributed by atoms with Crippen molar-refractivity contribution in [1.29, 1.82) is 0 Å². The van der Waals surface area contributed by atoms with E-state index in [4.69, 9.17) is 27.6 Å². The average Bonchev–Trinajstić information content (AvgIpc) is 3.19. The van der Waals surface area contributed by atoms with Gasteiger partial charge in [-0.3, -0.25) is 4.79 Å². The fourth-order valence-corrected chi connectivity index (χ4v) is 4.07. The van der Waals surface area contributed by atoms with Crippen LogP contribution in [0.3, 0.4) is 0 Å². The zero-order valence-corrected chi connectivity index (χ0v) is 18.2. The summed E-state index contributed by atoms with van der Waals surface area (Å²) in [7, 11) is 0. The lowest BCUT2D eigenvalue weighted by molar-refractivity contribution is 0.0953. The van der Waals surface area contributed by atoms with Gasteiger partial charge in [0.15, 0.2) is 0 Å². The lowest BCUT2D eigenvalue weighted by Crippen LogP contribution is -2.25. The van der Waals surface area contributed by atoms with Gasteiger partial charge in [-0.2, -0.15) is 9.61 Å². The molecule has 0 saturated carbocycles. The van der Waals surface area contributed by atoms with E-state index in [2.05, 4.69) is 22.5 Å². The van der Waals surface area contributed by atoms with E-state index < -0.39 is 0 Å². The van der Waals surface area contributed by atoms with Crippen LogP contribution in [0.2, 0.25) is 10.0 Å². The zero-order valence-electron chi connectivity index (χ0n) is 16.7. The quantitative estimate of drug-likeness (QED) is 0.380. The van der Waals surface area contributed by atoms with E-state index in [1.165, 1.54) is 5.56 Å². The fraction of sp³-hybridized carbons (Fsp3) is 0.217. The number of hydrogen-bond donors (Lipinski definition) is 1. The highest BCUT2D eigenvalue weighted by molar-refractivity contribution is 6.36. The summed E-state index contributed by atoms with van der Waals surface area (Å²) in [6.45, 7) is 4.19. The molecule has 0 aliphatic rings. The number of nitrogens with one attached hydrogen (secondary N) is 1. The second kappa shape index (κ2) is 8.54. The predicted molar refractivity (Wildman–Crippen MR) is 119 cm³/mol. The molecular formula is C23H21Cl2N3O2. The molecule has 5 nitrogen and oxygen atoms in total. The molecule has 0 atom stereocenters. The maximum absolute atomic E-state index is 12.9. The Labute approximate surface area is 184 Å². The van der Waals surface area contributed by atoms with Crippen LogP contribution in [0.25, 0.3) is 17.0 Å². The fourth-order valence-electron chi connectivity index (χ4n) is 3.57. The van der Waals surface area contributed by atoms with E-state index in [0.717, 1.165) is 18.4 Å². The van der Waals surface area contributed by atoms with Gasteiger partial charge in [-0.15, -0.1) is 0 Å². The molecule has 0 saturated heterocycles. The van der Waals surface area contributed by atoms with Crippen molar-refractivity contribution in [2.75, 3.05) is 6.54 Å². The SMILES string of the molecule is Cc1nn2c(-c3ccc(Cl)cc3Cl)c(C)oc2c1C(=O)NCCCc1ccccc1. The molecule has 0 aliphatic carbocycles. The van der Waals surface area contributed by atoms with Gasteiger partial charge >= 0.3 is 0 Å². The Bertz CT molecular complexity index is 1210. The summed E-state index contributed by atoms with van der Waals surface area (Å²) in [6, 6.07) is 15.5. The summed E-state index contributed by atoms with van der Waals surface area (Å²) >= 11 is 12.4. The molecule has 1 amide bonds. The van der Waals surface area contributed by atoms with Crippen molar-refractivity contribution in [1.82, 2.24) is 14.9 Å². The second-order valence-electron chi connectivity index (χ2n) is 7.15. The Morgan fingerprint density at radius 1 is 1.13 bits per heavy atom. The van der Waals surface area contributed by atoms with Crippen LogP contribution < -0.4 is 5.32 Å². The lowest BCUT2D eigenvalue weighted by atomic mass is 10.1. The van der Waals surface area contributed by atoms with Gasteiger partial charge in [-0.1, -0.05) is 53.5 Å². The predicted octanol–water partition coefficient (Wildman–Crippen LogP) is 5.88. The largest absolute Gasteiger partial charge is 0.440 e. The lowest BCUT2D eigenvalue weighted by Gasteiger charge is -2.04. The van der Waals surface area contributed by atoms with Gasteiger partial charge in [0, 0.05) is 17.1 Å². The Morgan fingerprint density at radius 2 is 1.90 bits per heavy atom. The van der Waals surface area contributed by atoms with E-state index in [-0.39, 0.29) is 5.91 Å². The molecule has 154 valence electrons. The minimum absolute atomic E-state index is 0.196. The molecule has 0 spiro atoms. The van der Waals surface area contributed by atoms with E-state index in [9.17, 15) is 4.79 Å². The van der Waals surface area contributed by atoms with Crippen molar-refractivity contribution in [3.05, 3.63) is 81.2 Å². The first-order chi connectivity index (χ1) is 14.5. The zero-order chi connectivity index (χ0) is 21.3. The van der Waals surface area contributed by atoms with Crippen LogP contribution in [0.4, 0.5) is 0 Å². The molecule has 7 heteroatoms. The number of hydrogen-bond acceptors (Lipinski definition) is 3. The topological polar surface area (TPSA) is 59.5 Å². The molecule has 0 unspecified atom stereocenters. The highest BCUT2D eigenvalue weighted by atomic mass is 35.5. The van der Waals surface area contributed by atoms with E-state index in [0.29, 0.717) is 45.0 Å². The summed E-state index contributed by atoms with van der Waals surface area (Å²) in [5.74, 6) is 0.429. The first-order valence-corrected chi connectivity index (χ1v) is 10.5. The highest BCUT2D eigenvalue weighted by Crippen LogP contribution is 2.35. The maximum Gasteiger partial charge on any atom is 0.258 e. The van der Waals surface area contributed by atoms with Gasteiger partial charge in [0.05, 0.1) is 10.7 Å². The molecule has 0 radical (unpaired) electrons. The van der Waals surface area contributed by atoms with E-state index >= 15 is 0 Å². The number of benzene rings is 2. The summed E-state index contributed by atoms with van der Waals surface area (Å²) in [6.07, 6.45) is 1.75. The molecule has 2 aromatic carbocycles. The number of nitrogens with zero attached hydrogens (tertiary/aromatic N) is 2. The number of carbonyl (C=O) groups excluding carboxylic acids is 1. The Morgan fingerprint density at radius 3 is 2.63 bits per heavy atom. The number of amides is 1. The van der Waals surface area contributed by atoms with Crippen LogP contribution in [0, 0.1) is 13.8 Å². The minimum Gasteiger partial charge on any atom is -0.440 e. The van der Waals surface area contributed by atoms with Crippen molar-refractivity contribution >= 4 is 34.8 Å². The van der Waals surface area contributed by atoms with Gasteiger partial charge in [-0.05, 0) is 50.5 Å². The summed E-state index contributed by atoms with van der Waals surface area (Å²) in [5.41, 5.74) is 4.15. The maximum atomic E-state index is 12.9. The van der Waals surface area contributed by atoms with Crippen molar-refractivity contribution < 1.29 is 9.21 Å². The smallest absolute Gasteiger partial charge is 0.258 e. The van der Waals surface area contributed by atoms with Crippen LogP contribution >= 0.6 is 23.2 Å². The normalized spacial score (nSPS) is 11.2. The van der Waals surface area contributed by atoms with E-state index in [1.54, 1.807) is 23.6 Å². The number of halogens is 2. The molecule has 0 aliphatic heterocycles. The number of oxazole rings is 1. The molecular weight excluding hydrogens is 421 g/mol. The van der Waals surface area contributed by atoms with Gasteiger partial charge in [0.1, 0.15) is 17.0 Å². The molecule has 4 aromatic rings. The first-order valence-electron chi connectivity index (χ1n) is 9.72. The van der Waals surface area contributed by atoms with Crippen LogP contribution in [0.15, 0.2) is 52.9 Å². The number of rotatable bonds is 6. The summed E-state index contributed by atoms with van der Waals surface area (Å²) < 4.78 is 7.57. The summed E-state index contributed by atoms with van der Waals surface area (Å²) in [5, 5.41) is 8.56. The Hall–Kier alpha value is -2.76. The van der Waals surface area contributed by atoms with Crippen LogP contribution in [0.1, 0.15) is 33.8 Å². The van der Waals surface area contributed by atoms with Gasteiger partial charge in [0.25, 0.3) is 5.91 Å². The van der Waals surface area contributed by atoms with Gasteiger partial charge < -0.3 is 9.73 Å². The van der Waals surface area contributed by atoms with Crippen molar-refractivity contribution in [2.24, 2.45) is 0 Å². The number of aryl methyl sites for hydroxylation is 3. The second-order valence-corrected chi connectivity index (χ2v) is 8.00. The minimum atomic E-state index is -0.196. The molecule has 30 heavy (non-hydrogen) atoms. The molecule has 1 N–H and O–H groups in total. The molecule has 2 heterocycles. The third-order valence-electron chi connectivity index (χ3n) is 5.00. The van der Waals surface area contributed by atoms with Crippen molar-refractivity contribution in [2.45, 2.75) is 26.7 Å². The van der Waals surface area contributed by atoms with Gasteiger partial charge in [-0.25, -0.2) is 0 Å². The Balaban J connectivity index is 1.56. The van der Waals surface area contributed by atoms with Crippen LogP contribution in [-0.4, -0.2) is 22.1 Å². The third kappa shape index (κ3) is 3.95. The first kappa shape index (κ1) is 20.5. The number of fused-ring (bicyclic) bond motifs is 1. The molecule has 0 bridgehead atoms. The number of carbonyl (C=O) groups is 1. The average molecular weight is 442 g/mol. The standard InChI is InChI=1S/C23H21Cl2N3O2/c1-14-20(22(29)26-12-6-9-16-7-4-3-5-8-16)23-28(27-14)21(15(2)30-23)18-11-10-17(24)13-19(18)25/h3-5,7-8,10-11,13H,6,9,12H2,1-2H3,(H,26,29). The summed E-state index contributed by atoms with van der Waals surface area (Å²) in [4.78, 5) is 12.9. The van der Waals surface area contributed by atoms with Gasteiger partial charge in [0.2, 0.25) is 5.71 Å². The Kier molecular flexibility index (Phi) is 5.84. The van der Waals surface area contributed by atoms with Crippen LogP contribution in [0.5, 0.6) is 0 Å². The van der Waals surface area contributed by atoms with Crippen molar-refractivity contribution in [3.63, 3.8) is 0 Å². The van der Waals surface area contributed by atoms with Crippen molar-refractivity contribution in [3.8, 4) is 11.3 Å². The highest BCUT2D eigenvalue weighted by Gasteiger charge is 2.25.